The van der Waals surface area contributed by atoms with Crippen molar-refractivity contribution < 1.29 is 0 Å². The maximum atomic E-state index is 8.79. The molecule has 1 aromatic carbocycles. The highest BCUT2D eigenvalue weighted by molar-refractivity contribution is 5.54. The molecule has 29 heavy (non-hydrogen) atoms. The van der Waals surface area contributed by atoms with Crippen LogP contribution in [0.5, 0.6) is 0 Å². The molecule has 0 aliphatic carbocycles. The Balaban J connectivity index is 1.44. The van der Waals surface area contributed by atoms with Gasteiger partial charge in [0.1, 0.15) is 24.0 Å². The lowest BCUT2D eigenvalue weighted by Crippen LogP contribution is -2.34. The second kappa shape index (κ2) is 7.89. The fraction of sp³-hybridized carbons (Fsp3) is 0.333. The van der Waals surface area contributed by atoms with Crippen LogP contribution in [0.4, 0.5) is 17.3 Å². The van der Waals surface area contributed by atoms with E-state index in [-0.39, 0.29) is 5.69 Å². The number of hydrogen-bond donors (Lipinski definition) is 1. The topological polar surface area (TPSA) is 85.9 Å². The predicted molar refractivity (Wildman–Crippen MR) is 112 cm³/mol. The minimum absolute atomic E-state index is 0.283. The van der Waals surface area contributed by atoms with E-state index in [2.05, 4.69) is 75.4 Å². The van der Waals surface area contributed by atoms with Crippen LogP contribution >= 0.6 is 0 Å². The van der Waals surface area contributed by atoms with Crippen molar-refractivity contribution in [1.82, 2.24) is 24.4 Å². The van der Waals surface area contributed by atoms with E-state index in [1.807, 2.05) is 16.8 Å². The number of rotatable bonds is 5. The second-order valence-electron chi connectivity index (χ2n) is 7.62. The molecular formula is C21H24N8. The van der Waals surface area contributed by atoms with Crippen LogP contribution < -0.4 is 10.2 Å². The molecule has 3 aromatic rings. The normalized spacial score (nSPS) is 18.8. The van der Waals surface area contributed by atoms with Crippen molar-refractivity contribution >= 4 is 17.3 Å². The van der Waals surface area contributed by atoms with Gasteiger partial charge in [-0.2, -0.15) is 5.26 Å². The Morgan fingerprint density at radius 1 is 1.03 bits per heavy atom. The monoisotopic (exact) mass is 388 g/mol. The van der Waals surface area contributed by atoms with Gasteiger partial charge in [-0.15, -0.1) is 0 Å². The first-order chi connectivity index (χ1) is 14.0. The van der Waals surface area contributed by atoms with Gasteiger partial charge in [0, 0.05) is 30.5 Å². The van der Waals surface area contributed by atoms with E-state index in [0.717, 1.165) is 18.8 Å². The summed E-state index contributed by atoms with van der Waals surface area (Å²) in [5.41, 5.74) is 2.57. The van der Waals surface area contributed by atoms with Crippen LogP contribution in [0.2, 0.25) is 0 Å². The summed E-state index contributed by atoms with van der Waals surface area (Å²) in [6.07, 6.45) is 6.60. The summed E-state index contributed by atoms with van der Waals surface area (Å²) in [6.45, 7) is 4.45. The molecule has 0 amide bonds. The zero-order valence-corrected chi connectivity index (χ0v) is 16.8. The van der Waals surface area contributed by atoms with Gasteiger partial charge < -0.3 is 19.7 Å². The highest BCUT2D eigenvalue weighted by atomic mass is 15.2. The molecule has 2 atom stereocenters. The lowest BCUT2D eigenvalue weighted by atomic mass is 10.1. The Hall–Kier alpha value is -3.44. The molecule has 4 rings (SSSR count). The van der Waals surface area contributed by atoms with Crippen molar-refractivity contribution in [2.45, 2.75) is 13.0 Å². The van der Waals surface area contributed by atoms with Crippen molar-refractivity contribution in [3.05, 3.63) is 54.9 Å². The Morgan fingerprint density at radius 3 is 2.41 bits per heavy atom. The summed E-state index contributed by atoms with van der Waals surface area (Å²) in [7, 11) is 4.31. The summed E-state index contributed by atoms with van der Waals surface area (Å²) in [4.78, 5) is 17.3. The molecule has 0 unspecified atom stereocenters. The highest BCUT2D eigenvalue weighted by Gasteiger charge is 2.30. The van der Waals surface area contributed by atoms with E-state index < -0.39 is 0 Å². The molecular weight excluding hydrogens is 364 g/mol. The van der Waals surface area contributed by atoms with Crippen molar-refractivity contribution in [3.8, 4) is 11.8 Å². The highest BCUT2D eigenvalue weighted by Crippen LogP contribution is 2.27. The van der Waals surface area contributed by atoms with Gasteiger partial charge in [-0.25, -0.2) is 15.0 Å². The molecule has 148 valence electrons. The number of nitriles is 1. The Labute approximate surface area is 170 Å². The van der Waals surface area contributed by atoms with E-state index in [9.17, 15) is 0 Å². The molecule has 1 aliphatic rings. The van der Waals surface area contributed by atoms with Crippen LogP contribution in [0.1, 0.15) is 12.6 Å². The lowest BCUT2D eigenvalue weighted by molar-refractivity contribution is 0.266. The standard InChI is InChI=1S/C21H24N8/c1-15-11-28(12-19(15)27(2)3)17-4-6-18(7-5-17)29-13-21(25-14-29)26-20-10-23-16(8-22)9-24-20/h4-7,9-10,13-15,19H,11-12H2,1-3H3,(H,24,26)/t15-,19-/m0/s1. The van der Waals surface area contributed by atoms with Gasteiger partial charge >= 0.3 is 0 Å². The zero-order chi connectivity index (χ0) is 20.4. The number of nitrogens with zero attached hydrogens (tertiary/aromatic N) is 7. The van der Waals surface area contributed by atoms with Gasteiger partial charge in [0.2, 0.25) is 0 Å². The minimum atomic E-state index is 0.283. The summed E-state index contributed by atoms with van der Waals surface area (Å²) in [5, 5.41) is 11.9. The van der Waals surface area contributed by atoms with E-state index in [4.69, 9.17) is 5.26 Å². The third-order valence-electron chi connectivity index (χ3n) is 5.35. The molecule has 1 saturated heterocycles. The number of imidazole rings is 1. The predicted octanol–water partition coefficient (Wildman–Crippen LogP) is 2.66. The molecule has 1 N–H and O–H groups in total. The molecule has 1 aliphatic heterocycles. The van der Waals surface area contributed by atoms with Crippen molar-refractivity contribution in [1.29, 1.82) is 5.26 Å². The van der Waals surface area contributed by atoms with Crippen LogP contribution in [0, 0.1) is 17.2 Å². The van der Waals surface area contributed by atoms with E-state index in [0.29, 0.717) is 23.6 Å². The SMILES string of the molecule is C[C@H]1CN(c2ccc(-n3cnc(Nc4cnc(C#N)cn4)c3)cc2)C[C@@H]1N(C)C. The number of benzene rings is 1. The first-order valence-corrected chi connectivity index (χ1v) is 9.58. The van der Waals surface area contributed by atoms with Crippen LogP contribution in [0.3, 0.4) is 0 Å². The van der Waals surface area contributed by atoms with Gasteiger partial charge in [0.15, 0.2) is 5.69 Å². The average Bonchev–Trinajstić information content (AvgIpc) is 3.35. The van der Waals surface area contributed by atoms with Gasteiger partial charge in [0.05, 0.1) is 18.6 Å². The first kappa shape index (κ1) is 18.9. The fourth-order valence-electron chi connectivity index (χ4n) is 3.78. The summed E-state index contributed by atoms with van der Waals surface area (Å²) < 4.78 is 1.96. The van der Waals surface area contributed by atoms with Gasteiger partial charge in [-0.1, -0.05) is 6.92 Å². The number of anilines is 3. The van der Waals surface area contributed by atoms with Crippen LogP contribution in [-0.2, 0) is 0 Å². The second-order valence-corrected chi connectivity index (χ2v) is 7.62. The third kappa shape index (κ3) is 4.05. The molecule has 0 bridgehead atoms. The quantitative estimate of drug-likeness (QED) is 0.719. The molecule has 8 nitrogen and oxygen atoms in total. The van der Waals surface area contributed by atoms with Crippen molar-refractivity contribution in [2.24, 2.45) is 5.92 Å². The van der Waals surface area contributed by atoms with Gasteiger partial charge in [-0.3, -0.25) is 0 Å². The van der Waals surface area contributed by atoms with Crippen LogP contribution in [-0.4, -0.2) is 57.6 Å². The molecule has 8 heteroatoms. The average molecular weight is 388 g/mol. The molecule has 0 radical (unpaired) electrons. The Kier molecular flexibility index (Phi) is 5.14. The van der Waals surface area contributed by atoms with Crippen LogP contribution in [0.15, 0.2) is 49.2 Å². The number of likely N-dealkylation sites (N-methyl/N-ethyl adjacent to an activating group) is 1. The van der Waals surface area contributed by atoms with E-state index in [1.54, 1.807) is 6.33 Å². The fourth-order valence-corrected chi connectivity index (χ4v) is 3.78. The largest absolute Gasteiger partial charge is 0.370 e. The van der Waals surface area contributed by atoms with E-state index in [1.165, 1.54) is 18.1 Å². The molecule has 3 heterocycles. The number of hydrogen-bond acceptors (Lipinski definition) is 7. The first-order valence-electron chi connectivity index (χ1n) is 9.58. The van der Waals surface area contributed by atoms with Crippen LogP contribution in [0.25, 0.3) is 5.69 Å². The molecule has 0 saturated carbocycles. The summed E-state index contributed by atoms with van der Waals surface area (Å²) in [5.74, 6) is 1.86. The Morgan fingerprint density at radius 2 is 1.79 bits per heavy atom. The van der Waals surface area contributed by atoms with Crippen molar-refractivity contribution in [3.63, 3.8) is 0 Å². The minimum Gasteiger partial charge on any atom is -0.370 e. The smallest absolute Gasteiger partial charge is 0.158 e. The summed E-state index contributed by atoms with van der Waals surface area (Å²) in [6, 6.07) is 11.1. The lowest BCUT2D eigenvalue weighted by Gasteiger charge is -2.23. The maximum Gasteiger partial charge on any atom is 0.158 e. The summed E-state index contributed by atoms with van der Waals surface area (Å²) >= 11 is 0. The Bertz CT molecular complexity index is 1000. The molecule has 2 aromatic heterocycles. The third-order valence-corrected chi connectivity index (χ3v) is 5.35. The van der Waals surface area contributed by atoms with Gasteiger partial charge in [-0.05, 0) is 44.3 Å². The van der Waals surface area contributed by atoms with Crippen molar-refractivity contribution in [2.75, 3.05) is 37.4 Å². The zero-order valence-electron chi connectivity index (χ0n) is 16.8. The number of aromatic nitrogens is 4. The maximum absolute atomic E-state index is 8.79. The molecule has 0 spiro atoms. The molecule has 1 fully saturated rings. The number of nitrogens with one attached hydrogen (secondary N) is 1. The van der Waals surface area contributed by atoms with Gasteiger partial charge in [0.25, 0.3) is 0 Å². The van der Waals surface area contributed by atoms with E-state index >= 15 is 0 Å².